The van der Waals surface area contributed by atoms with Crippen molar-refractivity contribution in [2.45, 2.75) is 13.0 Å². The van der Waals surface area contributed by atoms with Gasteiger partial charge in [-0.2, -0.15) is 0 Å². The summed E-state index contributed by atoms with van der Waals surface area (Å²) in [4.78, 5) is 13.7. The van der Waals surface area contributed by atoms with Gasteiger partial charge in [0.15, 0.2) is 11.6 Å². The summed E-state index contributed by atoms with van der Waals surface area (Å²) in [6.45, 7) is 2.66. The van der Waals surface area contributed by atoms with E-state index in [1.807, 2.05) is 19.0 Å². The number of rotatable bonds is 7. The molecule has 1 atom stereocenters. The highest BCUT2D eigenvalue weighted by Crippen LogP contribution is 2.21. The van der Waals surface area contributed by atoms with Gasteiger partial charge in [0.1, 0.15) is 11.9 Å². The number of hydrogen-bond acceptors (Lipinski definition) is 4. The maximum atomic E-state index is 13.8. The lowest BCUT2D eigenvalue weighted by Crippen LogP contribution is -2.35. The van der Waals surface area contributed by atoms with Crippen LogP contribution in [0.25, 0.3) is 0 Å². The van der Waals surface area contributed by atoms with E-state index in [-0.39, 0.29) is 12.2 Å². The van der Waals surface area contributed by atoms with E-state index in [0.717, 1.165) is 0 Å². The van der Waals surface area contributed by atoms with Crippen LogP contribution < -0.4 is 5.32 Å². The molecule has 0 saturated heterocycles. The Morgan fingerprint density at radius 1 is 1.24 bits per heavy atom. The molecular weight excluding hydrogens is 285 g/mol. The van der Waals surface area contributed by atoms with E-state index in [1.54, 1.807) is 6.92 Å². The predicted molar refractivity (Wildman–Crippen MR) is 72.2 cm³/mol. The largest absolute Gasteiger partial charge is 0.465 e. The van der Waals surface area contributed by atoms with E-state index in [1.165, 1.54) is 0 Å². The number of carbonyl (C=O) groups is 1. The molecule has 0 aliphatic rings. The molecule has 1 aromatic carbocycles. The third kappa shape index (κ3) is 5.02. The van der Waals surface area contributed by atoms with Crippen LogP contribution in [0.1, 0.15) is 18.5 Å². The highest BCUT2D eigenvalue weighted by molar-refractivity contribution is 5.77. The maximum Gasteiger partial charge on any atom is 0.327 e. The maximum absolute atomic E-state index is 13.8. The van der Waals surface area contributed by atoms with Crippen LogP contribution in [0.4, 0.5) is 13.2 Å². The number of hydrogen-bond donors (Lipinski definition) is 1. The van der Waals surface area contributed by atoms with Gasteiger partial charge in [-0.15, -0.1) is 0 Å². The molecule has 0 fully saturated rings. The van der Waals surface area contributed by atoms with Crippen molar-refractivity contribution >= 4 is 5.97 Å². The van der Waals surface area contributed by atoms with Gasteiger partial charge in [0.05, 0.1) is 6.61 Å². The minimum Gasteiger partial charge on any atom is -0.465 e. The molecule has 21 heavy (non-hydrogen) atoms. The van der Waals surface area contributed by atoms with E-state index in [9.17, 15) is 18.0 Å². The second kappa shape index (κ2) is 7.99. The Kier molecular flexibility index (Phi) is 6.64. The monoisotopic (exact) mass is 304 g/mol. The fourth-order valence-corrected chi connectivity index (χ4v) is 1.74. The predicted octanol–water partition coefficient (Wildman–Crippen LogP) is 1.86. The van der Waals surface area contributed by atoms with Gasteiger partial charge in [-0.1, -0.05) is 0 Å². The van der Waals surface area contributed by atoms with Crippen molar-refractivity contribution in [3.05, 3.63) is 35.1 Å². The standard InChI is InChI=1S/C14H19F3N2O2/c1-4-21-14(20)13(18-5-6-19(2)3)9-7-11(16)12(17)8-10(9)15/h7-8,13,18H,4-6H2,1-3H3. The summed E-state index contributed by atoms with van der Waals surface area (Å²) in [6.07, 6.45) is 0. The highest BCUT2D eigenvalue weighted by atomic mass is 19.2. The van der Waals surface area contributed by atoms with Crippen molar-refractivity contribution in [3.63, 3.8) is 0 Å². The number of halogens is 3. The molecule has 4 nitrogen and oxygen atoms in total. The molecule has 1 N–H and O–H groups in total. The number of benzene rings is 1. The van der Waals surface area contributed by atoms with Crippen molar-refractivity contribution in [2.24, 2.45) is 0 Å². The van der Waals surface area contributed by atoms with Gasteiger partial charge in [-0.05, 0) is 27.1 Å². The Morgan fingerprint density at radius 3 is 2.43 bits per heavy atom. The topological polar surface area (TPSA) is 41.6 Å². The number of ether oxygens (including phenoxy) is 1. The SMILES string of the molecule is CCOC(=O)C(NCCN(C)C)c1cc(F)c(F)cc1F. The number of carbonyl (C=O) groups excluding carboxylic acids is 1. The molecule has 1 aromatic rings. The average molecular weight is 304 g/mol. The Morgan fingerprint density at radius 2 is 1.86 bits per heavy atom. The van der Waals surface area contributed by atoms with E-state index < -0.39 is 29.5 Å². The molecule has 7 heteroatoms. The van der Waals surface area contributed by atoms with Gasteiger partial charge in [0.2, 0.25) is 0 Å². The lowest BCUT2D eigenvalue weighted by atomic mass is 10.1. The number of likely N-dealkylation sites (N-methyl/N-ethyl adjacent to an activating group) is 1. The lowest BCUT2D eigenvalue weighted by molar-refractivity contribution is -0.146. The zero-order valence-corrected chi connectivity index (χ0v) is 12.3. The van der Waals surface area contributed by atoms with E-state index >= 15 is 0 Å². The second-order valence-electron chi connectivity index (χ2n) is 4.73. The third-order valence-electron chi connectivity index (χ3n) is 2.78. The molecule has 0 aliphatic heterocycles. The van der Waals surface area contributed by atoms with Crippen molar-refractivity contribution < 1.29 is 22.7 Å². The van der Waals surface area contributed by atoms with Crippen LogP contribution in [-0.4, -0.2) is 44.7 Å². The van der Waals surface area contributed by atoms with E-state index in [2.05, 4.69) is 5.32 Å². The van der Waals surface area contributed by atoms with Crippen LogP contribution in [-0.2, 0) is 9.53 Å². The summed E-state index contributed by atoms with van der Waals surface area (Å²) in [5.41, 5.74) is -0.272. The zero-order chi connectivity index (χ0) is 16.0. The lowest BCUT2D eigenvalue weighted by Gasteiger charge is -2.19. The van der Waals surface area contributed by atoms with Gasteiger partial charge in [-0.25, -0.2) is 18.0 Å². The first-order chi connectivity index (χ1) is 9.86. The number of esters is 1. The van der Waals surface area contributed by atoms with Crippen molar-refractivity contribution in [1.82, 2.24) is 10.2 Å². The minimum absolute atomic E-state index is 0.107. The van der Waals surface area contributed by atoms with Crippen molar-refractivity contribution in [3.8, 4) is 0 Å². The van der Waals surface area contributed by atoms with Crippen LogP contribution in [0.2, 0.25) is 0 Å². The Balaban J connectivity index is 3.00. The fraction of sp³-hybridized carbons (Fsp3) is 0.500. The third-order valence-corrected chi connectivity index (χ3v) is 2.78. The summed E-state index contributed by atoms with van der Waals surface area (Å²) in [6, 6.07) is -0.0839. The highest BCUT2D eigenvalue weighted by Gasteiger charge is 2.26. The van der Waals surface area contributed by atoms with Crippen LogP contribution in [0.3, 0.4) is 0 Å². The first-order valence-corrected chi connectivity index (χ1v) is 6.56. The first-order valence-electron chi connectivity index (χ1n) is 6.56. The van der Waals surface area contributed by atoms with Crippen LogP contribution in [0.15, 0.2) is 12.1 Å². The van der Waals surface area contributed by atoms with Crippen LogP contribution >= 0.6 is 0 Å². The summed E-state index contributed by atoms with van der Waals surface area (Å²) in [5, 5.41) is 2.79. The summed E-state index contributed by atoms with van der Waals surface area (Å²) >= 11 is 0. The molecule has 0 saturated carbocycles. The smallest absolute Gasteiger partial charge is 0.327 e. The molecule has 0 amide bonds. The summed E-state index contributed by atoms with van der Waals surface area (Å²) in [7, 11) is 3.67. The molecule has 0 aromatic heterocycles. The van der Waals surface area contributed by atoms with Crippen LogP contribution in [0, 0.1) is 17.5 Å². The van der Waals surface area contributed by atoms with Crippen molar-refractivity contribution in [2.75, 3.05) is 33.8 Å². The molecule has 118 valence electrons. The average Bonchev–Trinajstić information content (AvgIpc) is 2.39. The van der Waals surface area contributed by atoms with E-state index in [0.29, 0.717) is 25.2 Å². The first kappa shape index (κ1) is 17.5. The Hall–Kier alpha value is -1.60. The Bertz CT molecular complexity index is 495. The van der Waals surface area contributed by atoms with Gasteiger partial charge in [0, 0.05) is 24.7 Å². The molecule has 0 bridgehead atoms. The minimum atomic E-state index is -1.30. The van der Waals surface area contributed by atoms with Gasteiger partial charge >= 0.3 is 5.97 Å². The fourth-order valence-electron chi connectivity index (χ4n) is 1.74. The molecule has 0 spiro atoms. The number of nitrogens with one attached hydrogen (secondary N) is 1. The van der Waals surface area contributed by atoms with Crippen molar-refractivity contribution in [1.29, 1.82) is 0 Å². The molecular formula is C14H19F3N2O2. The molecule has 0 radical (unpaired) electrons. The summed E-state index contributed by atoms with van der Waals surface area (Å²) < 4.78 is 44.9. The van der Waals surface area contributed by atoms with Gasteiger partial charge in [-0.3, -0.25) is 5.32 Å². The van der Waals surface area contributed by atoms with Gasteiger partial charge < -0.3 is 9.64 Å². The molecule has 0 aliphatic carbocycles. The zero-order valence-electron chi connectivity index (χ0n) is 12.3. The van der Waals surface area contributed by atoms with E-state index in [4.69, 9.17) is 4.74 Å². The van der Waals surface area contributed by atoms with Crippen LogP contribution in [0.5, 0.6) is 0 Å². The molecule has 1 rings (SSSR count). The quantitative estimate of drug-likeness (QED) is 0.617. The number of nitrogens with zero attached hydrogens (tertiary/aromatic N) is 1. The summed E-state index contributed by atoms with van der Waals surface area (Å²) in [5.74, 6) is -4.24. The second-order valence-corrected chi connectivity index (χ2v) is 4.73. The Labute approximate surface area is 121 Å². The molecule has 0 heterocycles. The van der Waals surface area contributed by atoms with Gasteiger partial charge in [0.25, 0.3) is 0 Å². The molecule has 1 unspecified atom stereocenters. The normalized spacial score (nSPS) is 12.5.